The summed E-state index contributed by atoms with van der Waals surface area (Å²) in [5, 5.41) is 24.9. The van der Waals surface area contributed by atoms with Gasteiger partial charge in [0.15, 0.2) is 5.96 Å². The molecule has 0 aliphatic rings. The molecule has 0 aromatic rings. The maximum absolute atomic E-state index is 12.3. The summed E-state index contributed by atoms with van der Waals surface area (Å²) in [6.45, 7) is 2.96. The first-order valence-electron chi connectivity index (χ1n) is 9.98. The molecule has 0 unspecified atom stereocenters. The van der Waals surface area contributed by atoms with Gasteiger partial charge in [0.25, 0.3) is 0 Å². The lowest BCUT2D eigenvalue weighted by Gasteiger charge is -2.21. The van der Waals surface area contributed by atoms with Gasteiger partial charge in [0, 0.05) is 13.0 Å². The number of amides is 3. The van der Waals surface area contributed by atoms with Crippen LogP contribution in [0.2, 0.25) is 0 Å². The number of carbonyl (C=O) groups excluding carboxylic acids is 3. The molecule has 0 spiro atoms. The molecule has 0 saturated heterocycles. The average Bonchev–Trinajstić information content (AvgIpc) is 2.69. The second-order valence-electron chi connectivity index (χ2n) is 7.39. The lowest BCUT2D eigenvalue weighted by Crippen LogP contribution is -2.51. The number of nitrogens with two attached hydrogens (primary N) is 3. The highest BCUT2D eigenvalue weighted by molar-refractivity contribution is 5.90. The molecule has 3 amide bonds. The van der Waals surface area contributed by atoms with Crippen LogP contribution in [0.3, 0.4) is 0 Å². The number of hydrogen-bond donors (Lipinski definition) is 8. The van der Waals surface area contributed by atoms with Gasteiger partial charge in [-0.1, -0.05) is 13.8 Å². The number of carboxylic acids is 2. The van der Waals surface area contributed by atoms with Crippen LogP contribution >= 0.6 is 0 Å². The molecule has 0 bridgehead atoms. The van der Waals surface area contributed by atoms with Gasteiger partial charge in [-0.15, -0.1) is 0 Å². The number of carbonyl (C=O) groups is 5. The van der Waals surface area contributed by atoms with Crippen molar-refractivity contribution in [2.75, 3.05) is 13.1 Å². The van der Waals surface area contributed by atoms with Crippen LogP contribution in [-0.2, 0) is 24.0 Å². The standard InChI is InChI=1S/C18H33N7O7/c1-9(2)14(19)16(30)25-11(17(31)32)5-6-12(26)24-10(4-3-7-22-18(20)21)15(29)23-8-13(27)28/h9-11,14H,3-8,19H2,1-2H3,(H,23,29)(H,24,26)(H,25,30)(H,27,28)(H,31,32)(H4,20,21,22)/t10-,11+,14-/m0/s1. The number of rotatable bonds is 15. The minimum absolute atomic E-state index is 0.107. The van der Waals surface area contributed by atoms with Gasteiger partial charge in [-0.25, -0.2) is 4.79 Å². The molecule has 0 heterocycles. The number of hydrogen-bond acceptors (Lipinski definition) is 7. The highest BCUT2D eigenvalue weighted by Crippen LogP contribution is 2.05. The second-order valence-corrected chi connectivity index (χ2v) is 7.39. The van der Waals surface area contributed by atoms with Crippen LogP contribution in [0.1, 0.15) is 39.5 Å². The molecule has 0 aromatic carbocycles. The van der Waals surface area contributed by atoms with Crippen LogP contribution in [0.5, 0.6) is 0 Å². The molecule has 0 aliphatic carbocycles. The largest absolute Gasteiger partial charge is 0.480 e. The summed E-state index contributed by atoms with van der Waals surface area (Å²) < 4.78 is 0. The van der Waals surface area contributed by atoms with Gasteiger partial charge < -0.3 is 43.4 Å². The maximum atomic E-state index is 12.3. The Balaban J connectivity index is 4.95. The van der Waals surface area contributed by atoms with E-state index in [1.807, 2.05) is 0 Å². The minimum Gasteiger partial charge on any atom is -0.480 e. The number of aliphatic carboxylic acids is 2. The van der Waals surface area contributed by atoms with Crippen LogP contribution in [0, 0.1) is 5.92 Å². The van der Waals surface area contributed by atoms with Crippen molar-refractivity contribution in [3.8, 4) is 0 Å². The smallest absolute Gasteiger partial charge is 0.326 e. The number of aliphatic imine (C=N–C) groups is 1. The van der Waals surface area contributed by atoms with E-state index in [4.69, 9.17) is 22.3 Å². The molecule has 14 heteroatoms. The van der Waals surface area contributed by atoms with Gasteiger partial charge in [0.1, 0.15) is 18.6 Å². The van der Waals surface area contributed by atoms with Gasteiger partial charge in [-0.2, -0.15) is 0 Å². The third-order valence-corrected chi connectivity index (χ3v) is 4.31. The van der Waals surface area contributed by atoms with Crippen LogP contribution < -0.4 is 33.2 Å². The van der Waals surface area contributed by atoms with Gasteiger partial charge in [0.05, 0.1) is 6.04 Å². The molecule has 0 radical (unpaired) electrons. The Kier molecular flexibility index (Phi) is 13.0. The fourth-order valence-corrected chi connectivity index (χ4v) is 2.43. The summed E-state index contributed by atoms with van der Waals surface area (Å²) in [6.07, 6.45) is -0.138. The van der Waals surface area contributed by atoms with E-state index in [1.165, 1.54) is 0 Å². The van der Waals surface area contributed by atoms with Gasteiger partial charge in [-0.05, 0) is 25.2 Å². The minimum atomic E-state index is -1.35. The van der Waals surface area contributed by atoms with Gasteiger partial charge in [-0.3, -0.25) is 24.2 Å². The molecule has 14 nitrogen and oxygen atoms in total. The summed E-state index contributed by atoms with van der Waals surface area (Å²) in [5.41, 5.74) is 16.1. The predicted molar refractivity (Wildman–Crippen MR) is 114 cm³/mol. The number of nitrogens with zero attached hydrogens (tertiary/aromatic N) is 1. The molecule has 0 fully saturated rings. The zero-order valence-electron chi connectivity index (χ0n) is 18.2. The average molecular weight is 460 g/mol. The molecule has 0 aromatic heterocycles. The molecule has 0 rings (SSSR count). The Hall–Kier alpha value is -3.42. The fraction of sp³-hybridized carbons (Fsp3) is 0.667. The summed E-state index contributed by atoms with van der Waals surface area (Å²) in [4.78, 5) is 62.3. The lowest BCUT2D eigenvalue weighted by atomic mass is 10.0. The molecule has 182 valence electrons. The maximum Gasteiger partial charge on any atom is 0.326 e. The molecule has 32 heavy (non-hydrogen) atoms. The molecule has 3 atom stereocenters. The fourth-order valence-electron chi connectivity index (χ4n) is 2.43. The molecule has 11 N–H and O–H groups in total. The van der Waals surface area contributed by atoms with Crippen LogP contribution in [0.15, 0.2) is 4.99 Å². The van der Waals surface area contributed by atoms with E-state index in [0.717, 1.165) is 0 Å². The van der Waals surface area contributed by atoms with Crippen molar-refractivity contribution in [3.63, 3.8) is 0 Å². The van der Waals surface area contributed by atoms with Crippen molar-refractivity contribution in [2.24, 2.45) is 28.1 Å². The van der Waals surface area contributed by atoms with Crippen molar-refractivity contribution < 1.29 is 34.2 Å². The molecule has 0 aliphatic heterocycles. The first kappa shape index (κ1) is 28.6. The first-order valence-corrected chi connectivity index (χ1v) is 9.98. The van der Waals surface area contributed by atoms with Crippen molar-refractivity contribution in [1.29, 1.82) is 0 Å². The number of nitrogens with one attached hydrogen (secondary N) is 3. The van der Waals surface area contributed by atoms with Crippen molar-refractivity contribution in [2.45, 2.75) is 57.7 Å². The van der Waals surface area contributed by atoms with E-state index in [2.05, 4.69) is 20.9 Å². The zero-order chi connectivity index (χ0) is 24.8. The summed E-state index contributed by atoms with van der Waals surface area (Å²) in [6, 6.07) is -3.33. The third kappa shape index (κ3) is 12.3. The second kappa shape index (κ2) is 14.6. The highest BCUT2D eigenvalue weighted by Gasteiger charge is 2.26. The first-order chi connectivity index (χ1) is 14.8. The van der Waals surface area contributed by atoms with Crippen LogP contribution in [0.25, 0.3) is 0 Å². The SMILES string of the molecule is CC(C)[C@H](N)C(=O)N[C@H](CCC(=O)N[C@@H](CCCN=C(N)N)C(=O)NCC(=O)O)C(=O)O. The van der Waals surface area contributed by atoms with Gasteiger partial charge in [0.2, 0.25) is 17.7 Å². The van der Waals surface area contributed by atoms with Crippen molar-refractivity contribution in [1.82, 2.24) is 16.0 Å². The van der Waals surface area contributed by atoms with E-state index >= 15 is 0 Å². The van der Waals surface area contributed by atoms with Crippen molar-refractivity contribution in [3.05, 3.63) is 0 Å². The molecular weight excluding hydrogens is 426 g/mol. The molecule has 0 saturated carbocycles. The molecular formula is C18H33N7O7. The summed E-state index contributed by atoms with van der Waals surface area (Å²) in [7, 11) is 0. The third-order valence-electron chi connectivity index (χ3n) is 4.31. The summed E-state index contributed by atoms with van der Waals surface area (Å²) >= 11 is 0. The van der Waals surface area contributed by atoms with Gasteiger partial charge >= 0.3 is 11.9 Å². The van der Waals surface area contributed by atoms with Crippen molar-refractivity contribution >= 4 is 35.6 Å². The number of carboxylic acid groups (broad SMARTS) is 2. The van der Waals surface area contributed by atoms with E-state index in [1.54, 1.807) is 13.8 Å². The van der Waals surface area contributed by atoms with E-state index in [0.29, 0.717) is 6.42 Å². The Morgan fingerprint density at radius 1 is 0.938 bits per heavy atom. The number of guanidine groups is 1. The Morgan fingerprint density at radius 2 is 1.56 bits per heavy atom. The van der Waals surface area contributed by atoms with Crippen LogP contribution in [-0.4, -0.2) is 77.0 Å². The Morgan fingerprint density at radius 3 is 2.06 bits per heavy atom. The highest BCUT2D eigenvalue weighted by atomic mass is 16.4. The predicted octanol–water partition coefficient (Wildman–Crippen LogP) is -2.94. The van der Waals surface area contributed by atoms with Crippen LogP contribution in [0.4, 0.5) is 0 Å². The monoisotopic (exact) mass is 459 g/mol. The normalized spacial score (nSPS) is 13.4. The topological polar surface area (TPSA) is 252 Å². The van der Waals surface area contributed by atoms with E-state index in [9.17, 15) is 29.1 Å². The van der Waals surface area contributed by atoms with E-state index < -0.39 is 54.3 Å². The zero-order valence-corrected chi connectivity index (χ0v) is 18.2. The lowest BCUT2D eigenvalue weighted by molar-refractivity contribution is -0.142. The Labute approximate surface area is 185 Å². The Bertz CT molecular complexity index is 708. The summed E-state index contributed by atoms with van der Waals surface area (Å²) in [5.74, 6) is -4.99. The quantitative estimate of drug-likeness (QED) is 0.0702. The van der Waals surface area contributed by atoms with E-state index in [-0.39, 0.29) is 37.7 Å².